The van der Waals surface area contributed by atoms with Gasteiger partial charge < -0.3 is 10.8 Å². The van der Waals surface area contributed by atoms with Crippen molar-refractivity contribution in [1.29, 1.82) is 0 Å². The third-order valence-corrected chi connectivity index (χ3v) is 3.07. The molecule has 0 heterocycles. The molecule has 0 fully saturated rings. The molecular formula is C15H14F3NO. The summed E-state index contributed by atoms with van der Waals surface area (Å²) in [6, 6.07) is 10.5. The molecule has 0 unspecified atom stereocenters. The molecule has 5 heteroatoms. The fourth-order valence-corrected chi connectivity index (χ4v) is 2.06. The number of rotatable bonds is 3. The second kappa shape index (κ2) is 5.64. The number of alkyl halides is 3. The molecular weight excluding hydrogens is 267 g/mol. The van der Waals surface area contributed by atoms with E-state index < -0.39 is 11.7 Å². The lowest BCUT2D eigenvalue weighted by molar-refractivity contribution is -0.137. The zero-order valence-corrected chi connectivity index (χ0v) is 10.6. The normalized spacial score (nSPS) is 11.7. The molecule has 2 nitrogen and oxygen atoms in total. The van der Waals surface area contributed by atoms with Gasteiger partial charge in [0.15, 0.2) is 0 Å². The van der Waals surface area contributed by atoms with E-state index in [4.69, 9.17) is 10.8 Å². The van der Waals surface area contributed by atoms with E-state index in [9.17, 15) is 13.2 Å². The van der Waals surface area contributed by atoms with Crippen LogP contribution >= 0.6 is 0 Å². The molecule has 3 N–H and O–H groups in total. The van der Waals surface area contributed by atoms with E-state index in [2.05, 4.69) is 0 Å². The van der Waals surface area contributed by atoms with Crippen molar-refractivity contribution in [2.75, 3.05) is 0 Å². The van der Waals surface area contributed by atoms with Gasteiger partial charge in [0.25, 0.3) is 0 Å². The smallest absolute Gasteiger partial charge is 0.392 e. The molecule has 2 aromatic carbocycles. The van der Waals surface area contributed by atoms with Crippen molar-refractivity contribution in [2.45, 2.75) is 19.3 Å². The fraction of sp³-hybridized carbons (Fsp3) is 0.200. The van der Waals surface area contributed by atoms with E-state index in [1.54, 1.807) is 24.3 Å². The van der Waals surface area contributed by atoms with Gasteiger partial charge in [-0.15, -0.1) is 0 Å². The van der Waals surface area contributed by atoms with Crippen LogP contribution in [0, 0.1) is 0 Å². The van der Waals surface area contributed by atoms with Crippen LogP contribution in [-0.4, -0.2) is 5.11 Å². The Balaban J connectivity index is 2.51. The molecule has 0 atom stereocenters. The van der Waals surface area contributed by atoms with Gasteiger partial charge in [-0.25, -0.2) is 0 Å². The van der Waals surface area contributed by atoms with Crippen LogP contribution in [0.3, 0.4) is 0 Å². The lowest BCUT2D eigenvalue weighted by Gasteiger charge is -2.13. The van der Waals surface area contributed by atoms with Gasteiger partial charge in [0.2, 0.25) is 0 Å². The van der Waals surface area contributed by atoms with Crippen LogP contribution in [0.1, 0.15) is 16.7 Å². The summed E-state index contributed by atoms with van der Waals surface area (Å²) in [6.07, 6.45) is -4.38. The van der Waals surface area contributed by atoms with Crippen molar-refractivity contribution in [3.63, 3.8) is 0 Å². The average Bonchev–Trinajstić information content (AvgIpc) is 2.45. The first-order valence-corrected chi connectivity index (χ1v) is 6.06. The first kappa shape index (κ1) is 14.6. The summed E-state index contributed by atoms with van der Waals surface area (Å²) in [5, 5.41) is 9.11. The van der Waals surface area contributed by atoms with E-state index in [1.807, 2.05) is 0 Å². The first-order chi connectivity index (χ1) is 9.45. The van der Waals surface area contributed by atoms with Crippen molar-refractivity contribution >= 4 is 0 Å². The molecule has 0 saturated heterocycles. The van der Waals surface area contributed by atoms with Gasteiger partial charge in [-0.3, -0.25) is 0 Å². The zero-order chi connectivity index (χ0) is 14.8. The summed E-state index contributed by atoms with van der Waals surface area (Å²) in [7, 11) is 0. The van der Waals surface area contributed by atoms with E-state index in [1.165, 1.54) is 6.07 Å². The zero-order valence-electron chi connectivity index (χ0n) is 10.6. The van der Waals surface area contributed by atoms with Gasteiger partial charge in [-0.2, -0.15) is 13.2 Å². The van der Waals surface area contributed by atoms with Crippen LogP contribution in [0.15, 0.2) is 42.5 Å². The van der Waals surface area contributed by atoms with Crippen molar-refractivity contribution < 1.29 is 18.3 Å². The number of nitrogens with two attached hydrogens (primary N) is 1. The Hall–Kier alpha value is -1.85. The Morgan fingerprint density at radius 2 is 1.80 bits per heavy atom. The maximum absolute atomic E-state index is 12.7. The topological polar surface area (TPSA) is 46.2 Å². The standard InChI is InChI=1S/C15H14F3NO/c16-15(17,18)13-4-5-14(12(7-13)8-19)11-3-1-2-10(6-11)9-20/h1-7,20H,8-9,19H2. The van der Waals surface area contributed by atoms with Crippen molar-refractivity contribution in [2.24, 2.45) is 5.73 Å². The highest BCUT2D eigenvalue weighted by molar-refractivity contribution is 5.68. The molecule has 2 aromatic rings. The van der Waals surface area contributed by atoms with Crippen LogP contribution in [0.4, 0.5) is 13.2 Å². The highest BCUT2D eigenvalue weighted by Crippen LogP contribution is 2.33. The molecule has 0 aliphatic heterocycles. The second-order valence-electron chi connectivity index (χ2n) is 4.43. The van der Waals surface area contributed by atoms with Gasteiger partial charge in [-0.1, -0.05) is 24.3 Å². The minimum absolute atomic E-state index is 0.0165. The Labute approximate surface area is 114 Å². The van der Waals surface area contributed by atoms with E-state index >= 15 is 0 Å². The lowest BCUT2D eigenvalue weighted by Crippen LogP contribution is -2.08. The highest BCUT2D eigenvalue weighted by Gasteiger charge is 2.30. The number of hydrogen-bond donors (Lipinski definition) is 2. The molecule has 0 aromatic heterocycles. The predicted octanol–water partition coefficient (Wildman–Crippen LogP) is 3.32. The van der Waals surface area contributed by atoms with Gasteiger partial charge in [-0.05, 0) is 40.5 Å². The molecule has 106 valence electrons. The first-order valence-electron chi connectivity index (χ1n) is 6.06. The maximum Gasteiger partial charge on any atom is 0.416 e. The van der Waals surface area contributed by atoms with Gasteiger partial charge >= 0.3 is 6.18 Å². The number of hydrogen-bond acceptors (Lipinski definition) is 2. The van der Waals surface area contributed by atoms with E-state index in [0.29, 0.717) is 16.7 Å². The van der Waals surface area contributed by atoms with Gasteiger partial charge in [0.05, 0.1) is 12.2 Å². The van der Waals surface area contributed by atoms with Gasteiger partial charge in [0, 0.05) is 6.54 Å². The summed E-state index contributed by atoms with van der Waals surface area (Å²) in [5.74, 6) is 0. The van der Waals surface area contributed by atoms with Crippen LogP contribution in [0.25, 0.3) is 11.1 Å². The Bertz CT molecular complexity index is 608. The summed E-state index contributed by atoms with van der Waals surface area (Å²) >= 11 is 0. The SMILES string of the molecule is NCc1cc(C(F)(F)F)ccc1-c1cccc(CO)c1. The van der Waals surface area contributed by atoms with E-state index in [-0.39, 0.29) is 13.2 Å². The lowest BCUT2D eigenvalue weighted by atomic mass is 9.96. The van der Waals surface area contributed by atoms with Crippen LogP contribution in [0.2, 0.25) is 0 Å². The summed E-state index contributed by atoms with van der Waals surface area (Å²) in [6.45, 7) is -0.102. The van der Waals surface area contributed by atoms with Crippen molar-refractivity contribution in [3.8, 4) is 11.1 Å². The summed E-state index contributed by atoms with van der Waals surface area (Å²) in [5.41, 5.74) is 7.36. The third kappa shape index (κ3) is 3.00. The summed E-state index contributed by atoms with van der Waals surface area (Å²) in [4.78, 5) is 0. The van der Waals surface area contributed by atoms with Crippen molar-refractivity contribution in [3.05, 3.63) is 59.2 Å². The number of aliphatic hydroxyl groups excluding tert-OH is 1. The molecule has 0 amide bonds. The summed E-state index contributed by atoms with van der Waals surface area (Å²) < 4.78 is 38.0. The minimum Gasteiger partial charge on any atom is -0.392 e. The number of halogens is 3. The van der Waals surface area contributed by atoms with Crippen LogP contribution < -0.4 is 5.73 Å². The van der Waals surface area contributed by atoms with Gasteiger partial charge in [0.1, 0.15) is 0 Å². The Kier molecular flexibility index (Phi) is 4.11. The van der Waals surface area contributed by atoms with Crippen LogP contribution in [0.5, 0.6) is 0 Å². The molecule has 2 rings (SSSR count). The monoisotopic (exact) mass is 281 g/mol. The van der Waals surface area contributed by atoms with Crippen LogP contribution in [-0.2, 0) is 19.3 Å². The molecule has 0 aliphatic rings. The largest absolute Gasteiger partial charge is 0.416 e. The predicted molar refractivity (Wildman–Crippen MR) is 70.7 cm³/mol. The third-order valence-electron chi connectivity index (χ3n) is 3.07. The fourth-order valence-electron chi connectivity index (χ4n) is 2.06. The van der Waals surface area contributed by atoms with Crippen molar-refractivity contribution in [1.82, 2.24) is 0 Å². The molecule has 20 heavy (non-hydrogen) atoms. The van der Waals surface area contributed by atoms with E-state index in [0.717, 1.165) is 17.7 Å². The molecule has 0 spiro atoms. The Morgan fingerprint density at radius 3 is 2.40 bits per heavy atom. The molecule has 0 aliphatic carbocycles. The number of aliphatic hydroxyl groups is 1. The Morgan fingerprint density at radius 1 is 1.05 bits per heavy atom. The molecule has 0 radical (unpaired) electrons. The highest BCUT2D eigenvalue weighted by atomic mass is 19.4. The molecule has 0 saturated carbocycles. The quantitative estimate of drug-likeness (QED) is 0.906. The molecule has 0 bridgehead atoms. The maximum atomic E-state index is 12.7. The minimum atomic E-state index is -4.38. The average molecular weight is 281 g/mol. The second-order valence-corrected chi connectivity index (χ2v) is 4.43. The number of benzene rings is 2.